The number of benzene rings is 2. The van der Waals surface area contributed by atoms with Crippen molar-refractivity contribution in [1.82, 2.24) is 4.90 Å². The predicted molar refractivity (Wildman–Crippen MR) is 79.5 cm³/mol. The van der Waals surface area contributed by atoms with Crippen LogP contribution in [0, 0.1) is 6.92 Å². The molecule has 0 radical (unpaired) electrons. The second kappa shape index (κ2) is 5.65. The van der Waals surface area contributed by atoms with Crippen molar-refractivity contribution >= 4 is 11.6 Å². The summed E-state index contributed by atoms with van der Waals surface area (Å²) in [6.07, 6.45) is 0. The number of hydrogen-bond donors (Lipinski definition) is 2. The number of para-hydroxylation sites is 1. The number of carbonyl (C=O) groups is 1. The van der Waals surface area contributed by atoms with Crippen LogP contribution in [0.1, 0.15) is 21.5 Å². The largest absolute Gasteiger partial charge is 0.507 e. The summed E-state index contributed by atoms with van der Waals surface area (Å²) in [6.45, 7) is 2.28. The Balaban J connectivity index is 2.21. The van der Waals surface area contributed by atoms with E-state index in [1.807, 2.05) is 25.1 Å². The molecule has 0 aliphatic carbocycles. The lowest BCUT2D eigenvalue weighted by Crippen LogP contribution is -2.26. The van der Waals surface area contributed by atoms with Crippen LogP contribution in [-0.4, -0.2) is 23.0 Å². The molecule has 0 spiro atoms. The Hall–Kier alpha value is -2.49. The molecule has 0 unspecified atom stereocenters. The highest BCUT2D eigenvalue weighted by atomic mass is 16.3. The number of phenols is 1. The third kappa shape index (κ3) is 2.91. The summed E-state index contributed by atoms with van der Waals surface area (Å²) in [5.74, 6) is -0.233. The molecule has 2 aromatic carbocycles. The Morgan fingerprint density at radius 1 is 1.25 bits per heavy atom. The van der Waals surface area contributed by atoms with E-state index in [1.165, 1.54) is 6.07 Å². The molecule has 20 heavy (non-hydrogen) atoms. The van der Waals surface area contributed by atoms with Gasteiger partial charge in [-0.25, -0.2) is 0 Å². The van der Waals surface area contributed by atoms with Crippen LogP contribution in [0.5, 0.6) is 5.75 Å². The van der Waals surface area contributed by atoms with Crippen LogP contribution >= 0.6 is 0 Å². The normalized spacial score (nSPS) is 10.3. The molecule has 0 heterocycles. The predicted octanol–water partition coefficient (Wildman–Crippen LogP) is 2.56. The van der Waals surface area contributed by atoms with Gasteiger partial charge in [0.05, 0.1) is 5.56 Å². The van der Waals surface area contributed by atoms with Gasteiger partial charge >= 0.3 is 0 Å². The monoisotopic (exact) mass is 270 g/mol. The van der Waals surface area contributed by atoms with E-state index < -0.39 is 0 Å². The van der Waals surface area contributed by atoms with Crippen LogP contribution in [-0.2, 0) is 6.54 Å². The number of aryl methyl sites for hydroxylation is 1. The zero-order chi connectivity index (χ0) is 14.7. The number of nitrogens with zero attached hydrogens (tertiary/aromatic N) is 1. The zero-order valence-electron chi connectivity index (χ0n) is 11.6. The highest BCUT2D eigenvalue weighted by molar-refractivity contribution is 5.96. The highest BCUT2D eigenvalue weighted by Crippen LogP contribution is 2.21. The molecule has 4 nitrogen and oxygen atoms in total. The number of anilines is 1. The fraction of sp³-hybridized carbons (Fsp3) is 0.188. The standard InChI is InChI=1S/C16H18N2O2/c1-11-7-8-15(19)13(9-11)16(20)18(2)10-12-5-3-4-6-14(12)17/h3-9,19H,10,17H2,1-2H3. The van der Waals surface area contributed by atoms with E-state index in [1.54, 1.807) is 30.1 Å². The number of nitrogens with two attached hydrogens (primary N) is 1. The Bertz CT molecular complexity index is 638. The highest BCUT2D eigenvalue weighted by Gasteiger charge is 2.16. The van der Waals surface area contributed by atoms with Crippen molar-refractivity contribution in [2.45, 2.75) is 13.5 Å². The summed E-state index contributed by atoms with van der Waals surface area (Å²) in [4.78, 5) is 13.9. The number of phenolic OH excluding ortho intramolecular Hbond substituents is 1. The molecule has 0 saturated heterocycles. The summed E-state index contributed by atoms with van der Waals surface area (Å²) in [5.41, 5.74) is 8.65. The van der Waals surface area contributed by atoms with Gasteiger partial charge in [-0.1, -0.05) is 29.8 Å². The van der Waals surface area contributed by atoms with Crippen LogP contribution in [0.15, 0.2) is 42.5 Å². The fourth-order valence-electron chi connectivity index (χ4n) is 2.03. The van der Waals surface area contributed by atoms with Gasteiger partial charge in [0.2, 0.25) is 0 Å². The Morgan fingerprint density at radius 3 is 2.65 bits per heavy atom. The molecule has 2 aromatic rings. The molecule has 0 aliphatic rings. The third-order valence-corrected chi connectivity index (χ3v) is 3.19. The molecule has 0 atom stereocenters. The van der Waals surface area contributed by atoms with Crippen molar-refractivity contribution in [2.75, 3.05) is 12.8 Å². The van der Waals surface area contributed by atoms with E-state index in [2.05, 4.69) is 0 Å². The smallest absolute Gasteiger partial charge is 0.257 e. The Kier molecular flexibility index (Phi) is 3.94. The molecule has 0 bridgehead atoms. The molecule has 2 rings (SSSR count). The Morgan fingerprint density at radius 2 is 1.95 bits per heavy atom. The maximum Gasteiger partial charge on any atom is 0.257 e. The van der Waals surface area contributed by atoms with Crippen molar-refractivity contribution in [2.24, 2.45) is 0 Å². The van der Waals surface area contributed by atoms with Gasteiger partial charge in [-0.05, 0) is 30.7 Å². The first-order valence-corrected chi connectivity index (χ1v) is 6.37. The van der Waals surface area contributed by atoms with Crippen LogP contribution < -0.4 is 5.73 Å². The van der Waals surface area contributed by atoms with Crippen molar-refractivity contribution in [3.05, 3.63) is 59.2 Å². The van der Waals surface area contributed by atoms with Gasteiger partial charge < -0.3 is 15.7 Å². The zero-order valence-corrected chi connectivity index (χ0v) is 11.6. The Labute approximate surface area is 118 Å². The number of carbonyl (C=O) groups excluding carboxylic acids is 1. The summed E-state index contributed by atoms with van der Waals surface area (Å²) >= 11 is 0. The van der Waals surface area contributed by atoms with E-state index in [4.69, 9.17) is 5.73 Å². The molecule has 3 N–H and O–H groups in total. The molecular formula is C16H18N2O2. The van der Waals surface area contributed by atoms with E-state index >= 15 is 0 Å². The lowest BCUT2D eigenvalue weighted by Gasteiger charge is -2.19. The minimum atomic E-state index is -0.227. The second-order valence-corrected chi connectivity index (χ2v) is 4.88. The molecule has 0 fully saturated rings. The molecule has 4 heteroatoms. The van der Waals surface area contributed by atoms with E-state index in [0.717, 1.165) is 11.1 Å². The van der Waals surface area contributed by atoms with Gasteiger partial charge in [0.1, 0.15) is 5.75 Å². The molecule has 0 aromatic heterocycles. The van der Waals surface area contributed by atoms with Gasteiger partial charge in [0, 0.05) is 19.3 Å². The van der Waals surface area contributed by atoms with E-state index in [9.17, 15) is 9.90 Å². The average Bonchev–Trinajstić information content (AvgIpc) is 2.43. The van der Waals surface area contributed by atoms with Gasteiger partial charge in [-0.2, -0.15) is 0 Å². The van der Waals surface area contributed by atoms with Crippen LogP contribution in [0.25, 0.3) is 0 Å². The van der Waals surface area contributed by atoms with Crippen molar-refractivity contribution in [3.8, 4) is 5.75 Å². The molecule has 0 aliphatic heterocycles. The maximum absolute atomic E-state index is 12.4. The number of nitrogen functional groups attached to an aromatic ring is 1. The molecule has 104 valence electrons. The first kappa shape index (κ1) is 13.9. The van der Waals surface area contributed by atoms with Crippen molar-refractivity contribution in [1.29, 1.82) is 0 Å². The number of rotatable bonds is 3. The lowest BCUT2D eigenvalue weighted by molar-refractivity contribution is 0.0782. The maximum atomic E-state index is 12.4. The summed E-state index contributed by atoms with van der Waals surface area (Å²) in [6, 6.07) is 12.4. The summed E-state index contributed by atoms with van der Waals surface area (Å²) in [7, 11) is 1.69. The third-order valence-electron chi connectivity index (χ3n) is 3.19. The van der Waals surface area contributed by atoms with Gasteiger partial charge in [0.25, 0.3) is 5.91 Å². The second-order valence-electron chi connectivity index (χ2n) is 4.88. The first-order valence-electron chi connectivity index (χ1n) is 6.37. The van der Waals surface area contributed by atoms with E-state index in [-0.39, 0.29) is 11.7 Å². The number of amides is 1. The molecule has 0 saturated carbocycles. The van der Waals surface area contributed by atoms with Crippen LogP contribution in [0.2, 0.25) is 0 Å². The van der Waals surface area contributed by atoms with Crippen LogP contribution in [0.3, 0.4) is 0 Å². The van der Waals surface area contributed by atoms with Gasteiger partial charge in [-0.3, -0.25) is 4.79 Å². The van der Waals surface area contributed by atoms with Gasteiger partial charge in [0.15, 0.2) is 0 Å². The minimum Gasteiger partial charge on any atom is -0.507 e. The van der Waals surface area contributed by atoms with E-state index in [0.29, 0.717) is 17.8 Å². The lowest BCUT2D eigenvalue weighted by atomic mass is 10.1. The topological polar surface area (TPSA) is 66.6 Å². The number of aromatic hydroxyl groups is 1. The first-order chi connectivity index (χ1) is 9.49. The SMILES string of the molecule is Cc1ccc(O)c(C(=O)N(C)Cc2ccccc2N)c1. The quantitative estimate of drug-likeness (QED) is 0.842. The van der Waals surface area contributed by atoms with Crippen molar-refractivity contribution in [3.63, 3.8) is 0 Å². The summed E-state index contributed by atoms with van der Waals surface area (Å²) < 4.78 is 0. The minimum absolute atomic E-state index is 0.00603. The summed E-state index contributed by atoms with van der Waals surface area (Å²) in [5, 5.41) is 9.80. The van der Waals surface area contributed by atoms with Crippen LogP contribution in [0.4, 0.5) is 5.69 Å². The molecule has 1 amide bonds. The van der Waals surface area contributed by atoms with Gasteiger partial charge in [-0.15, -0.1) is 0 Å². The fourth-order valence-corrected chi connectivity index (χ4v) is 2.03. The van der Waals surface area contributed by atoms with Crippen molar-refractivity contribution < 1.29 is 9.90 Å². The number of hydrogen-bond acceptors (Lipinski definition) is 3. The average molecular weight is 270 g/mol. The molecular weight excluding hydrogens is 252 g/mol.